The molecule has 4 rings (SSSR count). The number of fused-ring (bicyclic) bond motifs is 1. The summed E-state index contributed by atoms with van der Waals surface area (Å²) in [5.41, 5.74) is 4.61. The van der Waals surface area contributed by atoms with Gasteiger partial charge in [-0.25, -0.2) is 4.98 Å². The molecule has 0 aliphatic carbocycles. The molecule has 0 N–H and O–H groups in total. The first kappa shape index (κ1) is 15.1. The second-order valence-electron chi connectivity index (χ2n) is 6.56. The zero-order valence-corrected chi connectivity index (χ0v) is 14.6. The molecule has 0 aromatic carbocycles. The van der Waals surface area contributed by atoms with Crippen molar-refractivity contribution >= 4 is 11.5 Å². The Morgan fingerprint density at radius 1 is 1.00 bits per heavy atom. The highest BCUT2D eigenvalue weighted by Crippen LogP contribution is 2.27. The number of hydrogen-bond donors (Lipinski definition) is 0. The van der Waals surface area contributed by atoms with Crippen molar-refractivity contribution in [3.63, 3.8) is 0 Å². The molecule has 4 heterocycles. The molecule has 0 radical (unpaired) electrons. The summed E-state index contributed by atoms with van der Waals surface area (Å²) in [5.74, 6) is 1.92. The van der Waals surface area contributed by atoms with Gasteiger partial charge in [-0.05, 0) is 27.8 Å². The summed E-state index contributed by atoms with van der Waals surface area (Å²) >= 11 is 0. The van der Waals surface area contributed by atoms with Gasteiger partial charge in [0.1, 0.15) is 23.0 Å². The second kappa shape index (κ2) is 5.59. The molecule has 126 valence electrons. The summed E-state index contributed by atoms with van der Waals surface area (Å²) in [6.45, 7) is 10.2. The van der Waals surface area contributed by atoms with Crippen molar-refractivity contribution in [3.05, 3.63) is 29.2 Å². The maximum Gasteiger partial charge on any atom is 0.158 e. The van der Waals surface area contributed by atoms with Gasteiger partial charge in [-0.2, -0.15) is 9.61 Å². The van der Waals surface area contributed by atoms with E-state index in [1.54, 1.807) is 0 Å². The maximum absolute atomic E-state index is 5.19. The van der Waals surface area contributed by atoms with Crippen LogP contribution in [0.2, 0.25) is 0 Å². The molecule has 3 aromatic heterocycles. The van der Waals surface area contributed by atoms with Gasteiger partial charge in [0.25, 0.3) is 0 Å². The van der Waals surface area contributed by atoms with Gasteiger partial charge in [-0.3, -0.25) is 0 Å². The van der Waals surface area contributed by atoms with Gasteiger partial charge in [0.2, 0.25) is 0 Å². The maximum atomic E-state index is 5.19. The van der Waals surface area contributed by atoms with Gasteiger partial charge in [0, 0.05) is 49.6 Å². The monoisotopic (exact) mass is 326 g/mol. The summed E-state index contributed by atoms with van der Waals surface area (Å²) in [6, 6.07) is 3.88. The van der Waals surface area contributed by atoms with Gasteiger partial charge >= 0.3 is 0 Å². The molecule has 0 atom stereocenters. The average Bonchev–Trinajstić information content (AvgIpc) is 3.16. The molecule has 7 nitrogen and oxygen atoms in total. The summed E-state index contributed by atoms with van der Waals surface area (Å²) in [4.78, 5) is 9.46. The first-order chi connectivity index (χ1) is 11.5. The fourth-order valence-corrected chi connectivity index (χ4v) is 3.18. The Labute approximate surface area is 140 Å². The van der Waals surface area contributed by atoms with Crippen LogP contribution in [0.5, 0.6) is 0 Å². The Morgan fingerprint density at radius 2 is 1.75 bits per heavy atom. The molecular weight excluding hydrogens is 304 g/mol. The lowest BCUT2D eigenvalue weighted by Gasteiger charge is -2.34. The lowest BCUT2D eigenvalue weighted by Crippen LogP contribution is -2.45. The highest BCUT2D eigenvalue weighted by atomic mass is 16.5. The number of nitrogens with zero attached hydrogens (tertiary/aromatic N) is 6. The molecule has 0 unspecified atom stereocenters. The summed E-state index contributed by atoms with van der Waals surface area (Å²) in [7, 11) is 2.16. The molecule has 24 heavy (non-hydrogen) atoms. The Bertz CT molecular complexity index is 888. The number of piperazine rings is 1. The Kier molecular flexibility index (Phi) is 3.53. The minimum absolute atomic E-state index is 0.748. The Hall–Kier alpha value is -2.41. The van der Waals surface area contributed by atoms with Gasteiger partial charge in [0.05, 0.1) is 0 Å². The SMILES string of the molecule is Cc1cc(-c2cc3nc(C)c(C)c(N4CCN(C)CC4)n3n2)no1. The van der Waals surface area contributed by atoms with E-state index in [-0.39, 0.29) is 0 Å². The van der Waals surface area contributed by atoms with Gasteiger partial charge < -0.3 is 14.3 Å². The highest BCUT2D eigenvalue weighted by molar-refractivity contribution is 5.65. The van der Waals surface area contributed by atoms with Crippen LogP contribution in [0.4, 0.5) is 5.82 Å². The van der Waals surface area contributed by atoms with E-state index in [4.69, 9.17) is 14.6 Å². The normalized spacial score (nSPS) is 16.2. The molecule has 3 aromatic rings. The third-order valence-corrected chi connectivity index (χ3v) is 4.74. The number of aryl methyl sites for hydroxylation is 2. The minimum Gasteiger partial charge on any atom is -0.361 e. The molecule has 0 saturated carbocycles. The Balaban J connectivity index is 1.85. The van der Waals surface area contributed by atoms with E-state index < -0.39 is 0 Å². The predicted molar refractivity (Wildman–Crippen MR) is 92.4 cm³/mol. The summed E-state index contributed by atoms with van der Waals surface area (Å²) in [5, 5.41) is 8.85. The van der Waals surface area contributed by atoms with E-state index >= 15 is 0 Å². The van der Waals surface area contributed by atoms with E-state index in [0.29, 0.717) is 0 Å². The van der Waals surface area contributed by atoms with Gasteiger partial charge in [0.15, 0.2) is 5.65 Å². The molecule has 1 fully saturated rings. The highest BCUT2D eigenvalue weighted by Gasteiger charge is 2.22. The van der Waals surface area contributed by atoms with Crippen molar-refractivity contribution in [2.24, 2.45) is 0 Å². The number of anilines is 1. The molecule has 7 heteroatoms. The minimum atomic E-state index is 0.748. The van der Waals surface area contributed by atoms with Crippen LogP contribution < -0.4 is 4.90 Å². The Morgan fingerprint density at radius 3 is 2.42 bits per heavy atom. The zero-order valence-electron chi connectivity index (χ0n) is 14.6. The molecule has 0 bridgehead atoms. The van der Waals surface area contributed by atoms with Crippen LogP contribution in [0, 0.1) is 20.8 Å². The van der Waals surface area contributed by atoms with E-state index in [9.17, 15) is 0 Å². The van der Waals surface area contributed by atoms with Crippen molar-refractivity contribution in [1.29, 1.82) is 0 Å². The smallest absolute Gasteiger partial charge is 0.158 e. The van der Waals surface area contributed by atoms with E-state index in [2.05, 4.69) is 35.9 Å². The molecule has 1 aliphatic heterocycles. The first-order valence-corrected chi connectivity index (χ1v) is 8.27. The van der Waals surface area contributed by atoms with Crippen LogP contribution in [0.15, 0.2) is 16.7 Å². The van der Waals surface area contributed by atoms with Crippen LogP contribution in [0.3, 0.4) is 0 Å². The first-order valence-electron chi connectivity index (χ1n) is 8.27. The summed E-state index contributed by atoms with van der Waals surface area (Å²) in [6.07, 6.45) is 0. The number of rotatable bonds is 2. The van der Waals surface area contributed by atoms with Crippen LogP contribution in [-0.2, 0) is 0 Å². The quantitative estimate of drug-likeness (QED) is 0.718. The fourth-order valence-electron chi connectivity index (χ4n) is 3.18. The third kappa shape index (κ3) is 2.45. The average molecular weight is 326 g/mol. The topological polar surface area (TPSA) is 62.7 Å². The van der Waals surface area contributed by atoms with Crippen molar-refractivity contribution in [3.8, 4) is 11.4 Å². The fraction of sp³-hybridized carbons (Fsp3) is 0.471. The van der Waals surface area contributed by atoms with Crippen molar-refractivity contribution in [1.82, 2.24) is 24.7 Å². The standard InChI is InChI=1S/C17H22N6O/c1-11-9-15(20-24-11)14-10-16-18-13(3)12(2)17(23(16)19-14)22-7-5-21(4)6-8-22/h9-10H,5-8H2,1-4H3. The number of hydrogen-bond acceptors (Lipinski definition) is 6. The molecule has 0 amide bonds. The van der Waals surface area contributed by atoms with E-state index in [0.717, 1.165) is 60.5 Å². The van der Waals surface area contributed by atoms with Crippen LogP contribution in [0.1, 0.15) is 17.0 Å². The lowest BCUT2D eigenvalue weighted by molar-refractivity contribution is 0.311. The van der Waals surface area contributed by atoms with E-state index in [1.165, 1.54) is 5.56 Å². The van der Waals surface area contributed by atoms with Crippen molar-refractivity contribution in [2.75, 3.05) is 38.1 Å². The molecular formula is C17H22N6O. The zero-order chi connectivity index (χ0) is 16.8. The molecule has 0 spiro atoms. The molecule has 1 saturated heterocycles. The summed E-state index contributed by atoms with van der Waals surface area (Å²) < 4.78 is 7.14. The third-order valence-electron chi connectivity index (χ3n) is 4.74. The van der Waals surface area contributed by atoms with Crippen molar-refractivity contribution in [2.45, 2.75) is 20.8 Å². The second-order valence-corrected chi connectivity index (χ2v) is 6.56. The predicted octanol–water partition coefficient (Wildman–Crippen LogP) is 2.06. The van der Waals surface area contributed by atoms with Crippen LogP contribution in [0.25, 0.3) is 17.0 Å². The molecule has 1 aliphatic rings. The van der Waals surface area contributed by atoms with Gasteiger partial charge in [-0.1, -0.05) is 5.16 Å². The van der Waals surface area contributed by atoms with E-state index in [1.807, 2.05) is 23.6 Å². The number of likely N-dealkylation sites (N-methyl/N-ethyl adjacent to an activating group) is 1. The van der Waals surface area contributed by atoms with Crippen molar-refractivity contribution < 1.29 is 4.52 Å². The van der Waals surface area contributed by atoms with Crippen LogP contribution >= 0.6 is 0 Å². The largest absolute Gasteiger partial charge is 0.361 e. The number of aromatic nitrogens is 4. The lowest BCUT2D eigenvalue weighted by atomic mass is 10.2. The van der Waals surface area contributed by atoms with Crippen LogP contribution in [-0.4, -0.2) is 57.9 Å². The van der Waals surface area contributed by atoms with Gasteiger partial charge in [-0.15, -0.1) is 0 Å².